The monoisotopic (exact) mass is 210 g/mol. The van der Waals surface area contributed by atoms with E-state index in [1.54, 1.807) is 0 Å². The molecule has 0 aliphatic heterocycles. The average molecular weight is 210 g/mol. The van der Waals surface area contributed by atoms with Crippen LogP contribution in [0.1, 0.15) is 0 Å². The molecular formula is C6H14N2O6. The van der Waals surface area contributed by atoms with Crippen LogP contribution in [-0.4, -0.2) is 52.6 Å². The van der Waals surface area contributed by atoms with Gasteiger partial charge in [-0.05, 0) is 0 Å². The number of carbonyl (C=O) groups is 2. The minimum atomic E-state index is -2.38. The molecule has 8 heteroatoms. The molecule has 0 aromatic heterocycles. The Morgan fingerprint density at radius 3 is 1.79 bits per heavy atom. The van der Waals surface area contributed by atoms with Crippen molar-refractivity contribution in [3.05, 3.63) is 0 Å². The summed E-state index contributed by atoms with van der Waals surface area (Å²) in [5.41, 5.74) is 8.44. The third-order valence-electron chi connectivity index (χ3n) is 0.998. The van der Waals surface area contributed by atoms with Crippen LogP contribution in [0.2, 0.25) is 0 Å². The van der Waals surface area contributed by atoms with Gasteiger partial charge in [-0.25, -0.2) is 4.79 Å². The number of hydrogen-bond donors (Lipinski definition) is 5. The van der Waals surface area contributed by atoms with Gasteiger partial charge in [0.05, 0.1) is 12.5 Å². The molecule has 0 spiro atoms. The molecule has 8 nitrogen and oxygen atoms in total. The zero-order chi connectivity index (χ0) is 11.7. The van der Waals surface area contributed by atoms with Crippen LogP contribution in [-0.2, 0) is 9.59 Å². The van der Waals surface area contributed by atoms with E-state index in [9.17, 15) is 14.7 Å². The Morgan fingerprint density at radius 2 is 1.71 bits per heavy atom. The summed E-state index contributed by atoms with van der Waals surface area (Å²) in [7, 11) is 0. The van der Waals surface area contributed by atoms with Crippen molar-refractivity contribution in [2.24, 2.45) is 5.73 Å². The Bertz CT molecular complexity index is 165. The molecule has 0 aliphatic carbocycles. The number of aliphatic hydroxyl groups is 2. The predicted octanol–water partition coefficient (Wildman–Crippen LogP) is -5.27. The molecule has 0 bridgehead atoms. The van der Waals surface area contributed by atoms with Gasteiger partial charge in [-0.15, -0.1) is 0 Å². The lowest BCUT2D eigenvalue weighted by Crippen LogP contribution is -2.53. The molecule has 0 fully saturated rings. The van der Waals surface area contributed by atoms with Gasteiger partial charge in [0.1, 0.15) is 6.10 Å². The quantitative estimate of drug-likeness (QED) is 0.308. The minimum Gasteiger partial charge on any atom is -0.547 e. The van der Waals surface area contributed by atoms with E-state index in [0.717, 1.165) is 6.54 Å². The molecule has 14 heavy (non-hydrogen) atoms. The summed E-state index contributed by atoms with van der Waals surface area (Å²) in [4.78, 5) is 19.4. The summed E-state index contributed by atoms with van der Waals surface area (Å²) >= 11 is 0. The zero-order valence-electron chi connectivity index (χ0n) is 7.42. The molecular weight excluding hydrogens is 196 g/mol. The number of aliphatic hydroxyl groups excluding tert-OH is 2. The second kappa shape index (κ2) is 8.38. The van der Waals surface area contributed by atoms with Gasteiger partial charge >= 0.3 is 5.97 Å². The summed E-state index contributed by atoms with van der Waals surface area (Å²) < 4.78 is 0. The van der Waals surface area contributed by atoms with E-state index in [2.05, 4.69) is 5.73 Å². The van der Waals surface area contributed by atoms with Crippen molar-refractivity contribution in [1.82, 2.24) is 0 Å². The third-order valence-corrected chi connectivity index (χ3v) is 0.998. The van der Waals surface area contributed by atoms with Crippen LogP contribution in [0.15, 0.2) is 0 Å². The molecule has 0 aromatic rings. The van der Waals surface area contributed by atoms with Crippen LogP contribution in [0.3, 0.4) is 0 Å². The van der Waals surface area contributed by atoms with Crippen molar-refractivity contribution in [2.45, 2.75) is 12.2 Å². The van der Waals surface area contributed by atoms with Crippen molar-refractivity contribution in [3.8, 4) is 0 Å². The molecule has 0 aliphatic rings. The van der Waals surface area contributed by atoms with Crippen LogP contribution >= 0.6 is 0 Å². The summed E-state index contributed by atoms with van der Waals surface area (Å²) in [6, 6.07) is 0. The normalized spacial score (nSPS) is 13.4. The average Bonchev–Trinajstić information content (AvgIpc) is 2.15. The fourth-order valence-corrected chi connectivity index (χ4v) is 0.264. The second-order valence-corrected chi connectivity index (χ2v) is 2.19. The second-order valence-electron chi connectivity index (χ2n) is 2.19. The molecule has 0 heterocycles. The number of carboxylic acids is 2. The van der Waals surface area contributed by atoms with Gasteiger partial charge in [0.2, 0.25) is 0 Å². The molecule has 0 rings (SSSR count). The maximum atomic E-state index is 9.74. The largest absolute Gasteiger partial charge is 0.547 e. The fourth-order valence-electron chi connectivity index (χ4n) is 0.264. The van der Waals surface area contributed by atoms with E-state index >= 15 is 0 Å². The van der Waals surface area contributed by atoms with Gasteiger partial charge in [0, 0.05) is 6.54 Å². The maximum absolute atomic E-state index is 9.74. The number of nitrogens with two attached hydrogens (primary N) is 1. The SMILES string of the molecule is NCC[NH3+].O=C([O-])[C@@H](O)[C@H](O)C(=O)O. The van der Waals surface area contributed by atoms with E-state index in [1.807, 2.05) is 0 Å². The van der Waals surface area contributed by atoms with Crippen molar-refractivity contribution >= 4 is 11.9 Å². The first-order valence-electron chi connectivity index (χ1n) is 3.67. The number of quaternary nitrogens is 1. The lowest BCUT2D eigenvalue weighted by Gasteiger charge is -2.13. The van der Waals surface area contributed by atoms with Crippen LogP contribution in [0.4, 0.5) is 0 Å². The minimum absolute atomic E-state index is 0.708. The van der Waals surface area contributed by atoms with Crippen LogP contribution < -0.4 is 16.6 Å². The third kappa shape index (κ3) is 7.43. The number of carbonyl (C=O) groups excluding carboxylic acids is 1. The molecule has 0 amide bonds. The smallest absolute Gasteiger partial charge is 0.335 e. The Hall–Kier alpha value is -1.22. The van der Waals surface area contributed by atoms with Crippen molar-refractivity contribution in [1.29, 1.82) is 0 Å². The summed E-state index contributed by atoms with van der Waals surface area (Å²) in [6.45, 7) is 1.56. The molecule has 8 N–H and O–H groups in total. The highest BCUT2D eigenvalue weighted by Crippen LogP contribution is 1.90. The Kier molecular flexibility index (Phi) is 9.14. The fraction of sp³-hybridized carbons (Fsp3) is 0.667. The van der Waals surface area contributed by atoms with Crippen LogP contribution in [0.5, 0.6) is 0 Å². The number of rotatable bonds is 4. The molecule has 0 aromatic carbocycles. The van der Waals surface area contributed by atoms with Gasteiger partial charge in [-0.3, -0.25) is 0 Å². The summed E-state index contributed by atoms with van der Waals surface area (Å²) in [5.74, 6) is -3.83. The molecule has 84 valence electrons. The first-order chi connectivity index (χ1) is 6.38. The van der Waals surface area contributed by atoms with Crippen molar-refractivity contribution < 1.29 is 35.7 Å². The van der Waals surface area contributed by atoms with E-state index < -0.39 is 24.1 Å². The van der Waals surface area contributed by atoms with Gasteiger partial charge < -0.3 is 36.7 Å². The molecule has 0 unspecified atom stereocenters. The summed E-state index contributed by atoms with van der Waals surface area (Å²) in [6.07, 6.45) is -4.71. The Balaban J connectivity index is 0. The van der Waals surface area contributed by atoms with E-state index in [-0.39, 0.29) is 0 Å². The molecule has 0 saturated heterocycles. The van der Waals surface area contributed by atoms with Gasteiger partial charge in [-0.2, -0.15) is 0 Å². The topological polar surface area (TPSA) is 172 Å². The first-order valence-corrected chi connectivity index (χ1v) is 3.67. The number of carboxylic acid groups (broad SMARTS) is 2. The standard InChI is InChI=1S/C4H6O6.C2H8N2/c5-1(3(7)8)2(6)4(9)10;3-1-2-4/h1-2,5-6H,(H,7,8)(H,9,10);1-4H2/t1-,2-;/m0./s1. The Labute approximate surface area is 79.7 Å². The molecule has 2 atom stereocenters. The highest BCUT2D eigenvalue weighted by Gasteiger charge is 2.23. The zero-order valence-corrected chi connectivity index (χ0v) is 7.42. The molecule has 0 saturated carbocycles. The number of aliphatic carboxylic acids is 2. The van der Waals surface area contributed by atoms with E-state index in [1.165, 1.54) is 0 Å². The van der Waals surface area contributed by atoms with Crippen molar-refractivity contribution in [2.75, 3.05) is 13.1 Å². The highest BCUT2D eigenvalue weighted by atomic mass is 16.4. The highest BCUT2D eigenvalue weighted by molar-refractivity contribution is 5.81. The maximum Gasteiger partial charge on any atom is 0.335 e. The first kappa shape index (κ1) is 15.3. The van der Waals surface area contributed by atoms with Gasteiger partial charge in [-0.1, -0.05) is 0 Å². The molecule has 0 radical (unpaired) electrons. The van der Waals surface area contributed by atoms with E-state index in [4.69, 9.17) is 21.1 Å². The van der Waals surface area contributed by atoms with E-state index in [0.29, 0.717) is 6.54 Å². The Morgan fingerprint density at radius 1 is 1.36 bits per heavy atom. The van der Waals surface area contributed by atoms with Crippen molar-refractivity contribution in [3.63, 3.8) is 0 Å². The van der Waals surface area contributed by atoms with Gasteiger partial charge in [0.25, 0.3) is 0 Å². The summed E-state index contributed by atoms with van der Waals surface area (Å²) in [5, 5.41) is 34.1. The predicted molar refractivity (Wildman–Crippen MR) is 41.5 cm³/mol. The van der Waals surface area contributed by atoms with Crippen LogP contribution in [0, 0.1) is 0 Å². The lowest BCUT2D eigenvalue weighted by atomic mass is 10.2. The van der Waals surface area contributed by atoms with Gasteiger partial charge in [0.15, 0.2) is 6.10 Å². The lowest BCUT2D eigenvalue weighted by molar-refractivity contribution is -0.363. The number of hydrogen-bond acceptors (Lipinski definition) is 6. The van der Waals surface area contributed by atoms with Crippen LogP contribution in [0.25, 0.3) is 0 Å².